The van der Waals surface area contributed by atoms with Crippen molar-refractivity contribution in [3.05, 3.63) is 33.0 Å². The Bertz CT molecular complexity index is 554. The molecule has 19 heavy (non-hydrogen) atoms. The van der Waals surface area contributed by atoms with E-state index in [1.165, 1.54) is 16.3 Å². The van der Waals surface area contributed by atoms with Gasteiger partial charge in [0, 0.05) is 29.1 Å². The Kier molecular flexibility index (Phi) is 4.37. The highest BCUT2D eigenvalue weighted by Gasteiger charge is 2.12. The SMILES string of the molecule is CNCc1c(C)nn(Cc2csc(C(C)C)n2)c1C. The molecule has 4 nitrogen and oxygen atoms in total. The topological polar surface area (TPSA) is 42.7 Å². The molecule has 2 heterocycles. The minimum Gasteiger partial charge on any atom is -0.316 e. The van der Waals surface area contributed by atoms with Crippen LogP contribution >= 0.6 is 11.3 Å². The number of hydrogen-bond acceptors (Lipinski definition) is 4. The number of nitrogens with one attached hydrogen (secondary N) is 1. The van der Waals surface area contributed by atoms with Gasteiger partial charge in [-0.15, -0.1) is 11.3 Å². The van der Waals surface area contributed by atoms with E-state index in [-0.39, 0.29) is 0 Å². The summed E-state index contributed by atoms with van der Waals surface area (Å²) >= 11 is 1.74. The zero-order valence-corrected chi connectivity index (χ0v) is 13.1. The van der Waals surface area contributed by atoms with Crippen molar-refractivity contribution in [2.75, 3.05) is 7.05 Å². The minimum atomic E-state index is 0.499. The molecule has 0 spiro atoms. The van der Waals surface area contributed by atoms with E-state index >= 15 is 0 Å². The molecule has 0 saturated heterocycles. The van der Waals surface area contributed by atoms with Crippen molar-refractivity contribution in [1.29, 1.82) is 0 Å². The molecule has 0 aliphatic rings. The Hall–Kier alpha value is -1.20. The molecule has 0 unspecified atom stereocenters. The van der Waals surface area contributed by atoms with Crippen LogP contribution in [-0.2, 0) is 13.1 Å². The maximum atomic E-state index is 4.67. The molecule has 0 fully saturated rings. The van der Waals surface area contributed by atoms with Crippen molar-refractivity contribution in [1.82, 2.24) is 20.1 Å². The summed E-state index contributed by atoms with van der Waals surface area (Å²) in [4.78, 5) is 4.67. The van der Waals surface area contributed by atoms with E-state index < -0.39 is 0 Å². The lowest BCUT2D eigenvalue weighted by molar-refractivity contribution is 0.644. The van der Waals surface area contributed by atoms with E-state index in [1.54, 1.807) is 11.3 Å². The van der Waals surface area contributed by atoms with Crippen LogP contribution in [0.1, 0.15) is 47.4 Å². The van der Waals surface area contributed by atoms with Crippen molar-refractivity contribution >= 4 is 11.3 Å². The van der Waals surface area contributed by atoms with Gasteiger partial charge in [0.15, 0.2) is 0 Å². The Labute approximate surface area is 118 Å². The zero-order chi connectivity index (χ0) is 14.0. The average molecular weight is 278 g/mol. The van der Waals surface area contributed by atoms with E-state index in [0.717, 1.165) is 24.5 Å². The Morgan fingerprint density at radius 3 is 2.68 bits per heavy atom. The molecule has 0 aromatic carbocycles. The van der Waals surface area contributed by atoms with Crippen LogP contribution in [0.3, 0.4) is 0 Å². The van der Waals surface area contributed by atoms with E-state index in [9.17, 15) is 0 Å². The fourth-order valence-electron chi connectivity index (χ4n) is 2.13. The predicted octanol–water partition coefficient (Wildman–Crippen LogP) is 2.85. The summed E-state index contributed by atoms with van der Waals surface area (Å²) < 4.78 is 2.06. The first-order valence-electron chi connectivity index (χ1n) is 6.64. The van der Waals surface area contributed by atoms with Crippen LogP contribution in [0.25, 0.3) is 0 Å². The molecule has 0 aliphatic carbocycles. The molecule has 0 amide bonds. The van der Waals surface area contributed by atoms with Gasteiger partial charge in [-0.25, -0.2) is 4.98 Å². The highest BCUT2D eigenvalue weighted by atomic mass is 32.1. The first-order valence-corrected chi connectivity index (χ1v) is 7.52. The average Bonchev–Trinajstić information content (AvgIpc) is 2.91. The number of hydrogen-bond donors (Lipinski definition) is 1. The number of aromatic nitrogens is 3. The van der Waals surface area contributed by atoms with Crippen molar-refractivity contribution in [2.45, 2.75) is 46.7 Å². The van der Waals surface area contributed by atoms with Crippen molar-refractivity contribution in [3.63, 3.8) is 0 Å². The molecular formula is C14H22N4S. The highest BCUT2D eigenvalue weighted by Crippen LogP contribution is 2.20. The summed E-state index contributed by atoms with van der Waals surface area (Å²) in [5.41, 5.74) is 4.73. The quantitative estimate of drug-likeness (QED) is 0.914. The summed E-state index contributed by atoms with van der Waals surface area (Å²) in [6, 6.07) is 0. The van der Waals surface area contributed by atoms with Crippen LogP contribution in [0, 0.1) is 13.8 Å². The second-order valence-electron chi connectivity index (χ2n) is 5.17. The second-order valence-corrected chi connectivity index (χ2v) is 6.06. The third-order valence-electron chi connectivity index (χ3n) is 3.26. The van der Waals surface area contributed by atoms with E-state index in [2.05, 4.69) is 53.2 Å². The van der Waals surface area contributed by atoms with Gasteiger partial charge in [-0.3, -0.25) is 4.68 Å². The molecule has 104 valence electrons. The summed E-state index contributed by atoms with van der Waals surface area (Å²) in [7, 11) is 1.96. The molecule has 5 heteroatoms. The van der Waals surface area contributed by atoms with Crippen LogP contribution in [0.15, 0.2) is 5.38 Å². The molecule has 2 aromatic heterocycles. The number of nitrogens with zero attached hydrogens (tertiary/aromatic N) is 3. The number of thiazole rings is 1. The third kappa shape index (κ3) is 3.04. The summed E-state index contributed by atoms with van der Waals surface area (Å²) in [5, 5.41) is 11.2. The molecule has 2 rings (SSSR count). The van der Waals surface area contributed by atoms with Gasteiger partial charge in [-0.1, -0.05) is 13.8 Å². The summed E-state index contributed by atoms with van der Waals surface area (Å²) in [5.74, 6) is 0.499. The van der Waals surface area contributed by atoms with Gasteiger partial charge in [-0.2, -0.15) is 5.10 Å². The van der Waals surface area contributed by atoms with E-state index in [4.69, 9.17) is 0 Å². The number of rotatable bonds is 5. The first-order chi connectivity index (χ1) is 9.02. The molecule has 0 bridgehead atoms. The van der Waals surface area contributed by atoms with Gasteiger partial charge in [-0.05, 0) is 20.9 Å². The molecule has 1 N–H and O–H groups in total. The summed E-state index contributed by atoms with van der Waals surface area (Å²) in [6.07, 6.45) is 0. The molecule has 0 atom stereocenters. The third-order valence-corrected chi connectivity index (χ3v) is 4.45. The maximum Gasteiger partial charge on any atom is 0.0954 e. The fourth-order valence-corrected chi connectivity index (χ4v) is 2.96. The minimum absolute atomic E-state index is 0.499. The first kappa shape index (κ1) is 14.2. The van der Waals surface area contributed by atoms with Gasteiger partial charge >= 0.3 is 0 Å². The Balaban J connectivity index is 2.20. The largest absolute Gasteiger partial charge is 0.316 e. The zero-order valence-electron chi connectivity index (χ0n) is 12.3. The standard InChI is InChI=1S/C14H22N4S/c1-9(2)14-16-12(8-19-14)7-18-11(4)13(6-15-5)10(3)17-18/h8-9,15H,6-7H2,1-5H3. The van der Waals surface area contributed by atoms with Crippen molar-refractivity contribution in [2.24, 2.45) is 0 Å². The van der Waals surface area contributed by atoms with Gasteiger partial charge < -0.3 is 5.32 Å². The van der Waals surface area contributed by atoms with E-state index in [1.807, 2.05) is 7.05 Å². The predicted molar refractivity (Wildman–Crippen MR) is 79.8 cm³/mol. The van der Waals surface area contributed by atoms with Crippen LogP contribution in [-0.4, -0.2) is 21.8 Å². The van der Waals surface area contributed by atoms with Gasteiger partial charge in [0.25, 0.3) is 0 Å². The smallest absolute Gasteiger partial charge is 0.0954 e. The lowest BCUT2D eigenvalue weighted by atomic mass is 10.2. The molecular weight excluding hydrogens is 256 g/mol. The lowest BCUT2D eigenvalue weighted by Gasteiger charge is -2.03. The van der Waals surface area contributed by atoms with Gasteiger partial charge in [0.05, 0.1) is 22.9 Å². The van der Waals surface area contributed by atoms with Crippen molar-refractivity contribution in [3.8, 4) is 0 Å². The fraction of sp³-hybridized carbons (Fsp3) is 0.571. The Morgan fingerprint density at radius 2 is 2.11 bits per heavy atom. The van der Waals surface area contributed by atoms with Crippen LogP contribution in [0.5, 0.6) is 0 Å². The Morgan fingerprint density at radius 1 is 1.37 bits per heavy atom. The monoisotopic (exact) mass is 278 g/mol. The molecule has 0 radical (unpaired) electrons. The number of aryl methyl sites for hydroxylation is 1. The van der Waals surface area contributed by atoms with E-state index in [0.29, 0.717) is 5.92 Å². The van der Waals surface area contributed by atoms with Gasteiger partial charge in [0.1, 0.15) is 0 Å². The normalized spacial score (nSPS) is 11.5. The van der Waals surface area contributed by atoms with Crippen LogP contribution in [0.4, 0.5) is 0 Å². The van der Waals surface area contributed by atoms with Crippen molar-refractivity contribution < 1.29 is 0 Å². The lowest BCUT2D eigenvalue weighted by Crippen LogP contribution is -2.08. The molecule has 0 saturated carbocycles. The van der Waals surface area contributed by atoms with Gasteiger partial charge in [0.2, 0.25) is 0 Å². The highest BCUT2D eigenvalue weighted by molar-refractivity contribution is 7.09. The molecule has 0 aliphatic heterocycles. The second kappa shape index (κ2) is 5.84. The van der Waals surface area contributed by atoms with Crippen LogP contribution < -0.4 is 5.32 Å². The maximum absolute atomic E-state index is 4.67. The van der Waals surface area contributed by atoms with Crippen LogP contribution in [0.2, 0.25) is 0 Å². The summed E-state index contributed by atoms with van der Waals surface area (Å²) in [6.45, 7) is 10.2. The molecule has 2 aromatic rings.